The van der Waals surface area contributed by atoms with Crippen molar-refractivity contribution in [2.24, 2.45) is 0 Å². The predicted molar refractivity (Wildman–Crippen MR) is 113 cm³/mol. The summed E-state index contributed by atoms with van der Waals surface area (Å²) in [5, 5.41) is 0. The van der Waals surface area contributed by atoms with Crippen LogP contribution >= 0.6 is 0 Å². The molecular weight excluding hydrogens is 300 g/mol. The van der Waals surface area contributed by atoms with Crippen LogP contribution in [0.5, 0.6) is 0 Å². The molecule has 0 saturated carbocycles. The van der Waals surface area contributed by atoms with E-state index in [1.165, 1.54) is 95.5 Å². The van der Waals surface area contributed by atoms with Gasteiger partial charge < -0.3 is 0 Å². The van der Waals surface area contributed by atoms with Crippen LogP contribution < -0.4 is 0 Å². The fourth-order valence-corrected chi connectivity index (χ4v) is 4.25. The minimum absolute atomic E-state index is 0.692. The Morgan fingerprint density at radius 1 is 0.720 bits per heavy atom. The lowest BCUT2D eigenvalue weighted by atomic mass is 9.88. The molecule has 0 amide bonds. The van der Waals surface area contributed by atoms with Crippen LogP contribution in [0.25, 0.3) is 6.08 Å². The molecule has 0 saturated heterocycles. The van der Waals surface area contributed by atoms with E-state index >= 15 is 0 Å². The second-order valence-electron chi connectivity index (χ2n) is 7.96. The Kier molecular flexibility index (Phi) is 10.0. The van der Waals surface area contributed by atoms with E-state index in [1.807, 2.05) is 0 Å². The van der Waals surface area contributed by atoms with Gasteiger partial charge in [-0.3, -0.25) is 0 Å². The summed E-state index contributed by atoms with van der Waals surface area (Å²) in [5.74, 6) is 0.692. The summed E-state index contributed by atoms with van der Waals surface area (Å²) < 4.78 is 0. The summed E-state index contributed by atoms with van der Waals surface area (Å²) in [7, 11) is 0. The first-order valence-corrected chi connectivity index (χ1v) is 11.2. The molecule has 2 rings (SSSR count). The van der Waals surface area contributed by atoms with Gasteiger partial charge in [0, 0.05) is 5.92 Å². The molecule has 0 nitrogen and oxygen atoms in total. The number of hydrogen-bond acceptors (Lipinski definition) is 0. The molecule has 0 heteroatoms. The van der Waals surface area contributed by atoms with Crippen LogP contribution in [0.3, 0.4) is 0 Å². The maximum Gasteiger partial charge on any atom is 0.00299 e. The van der Waals surface area contributed by atoms with E-state index in [4.69, 9.17) is 0 Å². The van der Waals surface area contributed by atoms with Gasteiger partial charge in [-0.15, -0.1) is 0 Å². The zero-order valence-corrected chi connectivity index (χ0v) is 16.9. The van der Waals surface area contributed by atoms with Gasteiger partial charge in [0.25, 0.3) is 0 Å². The van der Waals surface area contributed by atoms with Crippen LogP contribution in [-0.2, 0) is 6.42 Å². The van der Waals surface area contributed by atoms with Crippen molar-refractivity contribution in [3.8, 4) is 0 Å². The number of allylic oxidation sites excluding steroid dienone is 1. The molecule has 0 fully saturated rings. The van der Waals surface area contributed by atoms with Crippen molar-refractivity contribution in [1.82, 2.24) is 0 Å². The highest BCUT2D eigenvalue weighted by Gasteiger charge is 2.19. The highest BCUT2D eigenvalue weighted by Crippen LogP contribution is 2.37. The van der Waals surface area contributed by atoms with Crippen molar-refractivity contribution in [2.45, 2.75) is 110 Å². The second-order valence-corrected chi connectivity index (χ2v) is 7.96. The van der Waals surface area contributed by atoms with Crippen LogP contribution in [-0.4, -0.2) is 0 Å². The highest BCUT2D eigenvalue weighted by molar-refractivity contribution is 5.64. The van der Waals surface area contributed by atoms with Crippen LogP contribution in [0, 0.1) is 0 Å². The Bertz CT molecular complexity index is 497. The number of fused-ring (bicyclic) bond motifs is 1. The van der Waals surface area contributed by atoms with E-state index in [0.717, 1.165) is 0 Å². The SMILES string of the molecule is CCCCCCCCc1cccc2c1C(CCCCCCCC)C=C2. The Balaban J connectivity index is 1.77. The molecule has 1 aliphatic rings. The number of benzene rings is 1. The fraction of sp³-hybridized carbons (Fsp3) is 0.680. The lowest BCUT2D eigenvalue weighted by Crippen LogP contribution is -2.00. The summed E-state index contributed by atoms with van der Waals surface area (Å²) in [6.45, 7) is 4.59. The van der Waals surface area contributed by atoms with Crippen molar-refractivity contribution in [3.63, 3.8) is 0 Å². The van der Waals surface area contributed by atoms with Crippen molar-refractivity contribution in [2.75, 3.05) is 0 Å². The van der Waals surface area contributed by atoms with Gasteiger partial charge in [-0.1, -0.05) is 115 Å². The Morgan fingerprint density at radius 2 is 1.36 bits per heavy atom. The van der Waals surface area contributed by atoms with Crippen LogP contribution in [0.2, 0.25) is 0 Å². The Labute approximate surface area is 157 Å². The molecule has 0 heterocycles. The van der Waals surface area contributed by atoms with E-state index in [0.29, 0.717) is 5.92 Å². The van der Waals surface area contributed by atoms with Gasteiger partial charge in [-0.2, -0.15) is 0 Å². The van der Waals surface area contributed by atoms with Crippen molar-refractivity contribution < 1.29 is 0 Å². The zero-order valence-electron chi connectivity index (χ0n) is 16.9. The molecule has 1 aromatic rings. The normalized spacial score (nSPS) is 15.7. The average molecular weight is 341 g/mol. The van der Waals surface area contributed by atoms with Crippen molar-refractivity contribution >= 4 is 6.08 Å². The van der Waals surface area contributed by atoms with Crippen molar-refractivity contribution in [1.29, 1.82) is 0 Å². The summed E-state index contributed by atoms with van der Waals surface area (Å²) in [4.78, 5) is 0. The molecule has 0 bridgehead atoms. The standard InChI is InChI=1S/C25H40/c1-3-5-7-9-11-13-16-22-18-15-19-24-21-20-23(25(22)24)17-14-12-10-8-6-4-2/h15,18-21,23H,3-14,16-17H2,1-2H3. The lowest BCUT2D eigenvalue weighted by Gasteiger charge is -2.16. The van der Waals surface area contributed by atoms with Crippen LogP contribution in [0.15, 0.2) is 24.3 Å². The molecule has 1 atom stereocenters. The zero-order chi connectivity index (χ0) is 17.7. The second kappa shape index (κ2) is 12.3. The third-order valence-electron chi connectivity index (χ3n) is 5.78. The summed E-state index contributed by atoms with van der Waals surface area (Å²) >= 11 is 0. The lowest BCUT2D eigenvalue weighted by molar-refractivity contribution is 0.571. The van der Waals surface area contributed by atoms with E-state index in [9.17, 15) is 0 Å². The quantitative estimate of drug-likeness (QED) is 0.298. The third-order valence-corrected chi connectivity index (χ3v) is 5.78. The molecule has 0 aromatic heterocycles. The Hall–Kier alpha value is -1.04. The molecule has 0 aliphatic heterocycles. The van der Waals surface area contributed by atoms with E-state index in [2.05, 4.69) is 44.2 Å². The van der Waals surface area contributed by atoms with Crippen molar-refractivity contribution in [3.05, 3.63) is 41.0 Å². The fourth-order valence-electron chi connectivity index (χ4n) is 4.25. The van der Waals surface area contributed by atoms with Crippen LogP contribution in [0.4, 0.5) is 0 Å². The molecule has 0 spiro atoms. The number of rotatable bonds is 14. The average Bonchev–Trinajstić information content (AvgIpc) is 3.05. The van der Waals surface area contributed by atoms with Gasteiger partial charge in [-0.05, 0) is 36.0 Å². The van der Waals surface area contributed by atoms with E-state index < -0.39 is 0 Å². The van der Waals surface area contributed by atoms with Gasteiger partial charge in [0.15, 0.2) is 0 Å². The molecule has 1 aliphatic carbocycles. The largest absolute Gasteiger partial charge is 0.0764 e. The summed E-state index contributed by atoms with van der Waals surface area (Å²) in [6.07, 6.45) is 24.3. The molecule has 0 radical (unpaired) electrons. The van der Waals surface area contributed by atoms with Gasteiger partial charge in [0.2, 0.25) is 0 Å². The third kappa shape index (κ3) is 7.00. The monoisotopic (exact) mass is 340 g/mol. The van der Waals surface area contributed by atoms with Crippen LogP contribution in [0.1, 0.15) is 120 Å². The van der Waals surface area contributed by atoms with Gasteiger partial charge in [0.1, 0.15) is 0 Å². The van der Waals surface area contributed by atoms with Gasteiger partial charge in [0.05, 0.1) is 0 Å². The number of aryl methyl sites for hydroxylation is 1. The maximum atomic E-state index is 2.47. The van der Waals surface area contributed by atoms with E-state index in [-0.39, 0.29) is 0 Å². The highest BCUT2D eigenvalue weighted by atomic mass is 14.2. The predicted octanol–water partition coefficient (Wildman–Crippen LogP) is 8.45. The number of hydrogen-bond donors (Lipinski definition) is 0. The molecule has 25 heavy (non-hydrogen) atoms. The first-order chi connectivity index (χ1) is 12.4. The Morgan fingerprint density at radius 3 is 2.08 bits per heavy atom. The first-order valence-electron chi connectivity index (χ1n) is 11.2. The molecule has 1 aromatic carbocycles. The maximum absolute atomic E-state index is 2.47. The molecule has 1 unspecified atom stereocenters. The van der Waals surface area contributed by atoms with Gasteiger partial charge in [-0.25, -0.2) is 0 Å². The first kappa shape index (κ1) is 20.3. The minimum atomic E-state index is 0.692. The van der Waals surface area contributed by atoms with E-state index in [1.54, 1.807) is 11.1 Å². The minimum Gasteiger partial charge on any atom is -0.0764 e. The molecular formula is C25H40. The summed E-state index contributed by atoms with van der Waals surface area (Å²) in [5.41, 5.74) is 4.80. The van der Waals surface area contributed by atoms with Gasteiger partial charge >= 0.3 is 0 Å². The molecule has 140 valence electrons. The number of unbranched alkanes of at least 4 members (excludes halogenated alkanes) is 10. The smallest absolute Gasteiger partial charge is 0.00299 e. The topological polar surface area (TPSA) is 0 Å². The molecule has 0 N–H and O–H groups in total. The summed E-state index contributed by atoms with van der Waals surface area (Å²) in [6, 6.07) is 6.98.